The molecule has 0 saturated carbocycles. The minimum Gasteiger partial charge on any atom is -0.495 e. The standard InChI is InChI=1S/C16H22N2OS/c1-11(14-9-20-10-17-14)18-13-8-12(16(2,3)4)6-7-15(13)19-5/h6-11,18H,1-5H3. The van der Waals surface area contributed by atoms with Crippen molar-refractivity contribution in [3.63, 3.8) is 0 Å². The number of anilines is 1. The second kappa shape index (κ2) is 5.83. The molecule has 1 unspecified atom stereocenters. The van der Waals surface area contributed by atoms with Crippen molar-refractivity contribution in [1.29, 1.82) is 0 Å². The molecule has 1 aromatic heterocycles. The van der Waals surface area contributed by atoms with Crippen molar-refractivity contribution in [3.05, 3.63) is 40.3 Å². The van der Waals surface area contributed by atoms with E-state index in [0.717, 1.165) is 17.1 Å². The second-order valence-corrected chi connectivity index (χ2v) is 6.66. The molecule has 0 radical (unpaired) electrons. The van der Waals surface area contributed by atoms with E-state index in [-0.39, 0.29) is 11.5 Å². The predicted octanol–water partition coefficient (Wildman–Crippen LogP) is 4.62. The summed E-state index contributed by atoms with van der Waals surface area (Å²) in [5, 5.41) is 5.56. The first kappa shape index (κ1) is 14.9. The quantitative estimate of drug-likeness (QED) is 0.892. The summed E-state index contributed by atoms with van der Waals surface area (Å²) in [5.74, 6) is 0.861. The Hall–Kier alpha value is -1.55. The van der Waals surface area contributed by atoms with E-state index in [1.54, 1.807) is 18.4 Å². The fraction of sp³-hybridized carbons (Fsp3) is 0.438. The Morgan fingerprint density at radius 3 is 2.60 bits per heavy atom. The van der Waals surface area contributed by atoms with Crippen molar-refractivity contribution in [1.82, 2.24) is 4.98 Å². The summed E-state index contributed by atoms with van der Waals surface area (Å²) in [6, 6.07) is 6.47. The van der Waals surface area contributed by atoms with E-state index in [2.05, 4.69) is 55.5 Å². The van der Waals surface area contributed by atoms with Crippen molar-refractivity contribution in [2.75, 3.05) is 12.4 Å². The number of methoxy groups -OCH3 is 1. The Morgan fingerprint density at radius 1 is 1.30 bits per heavy atom. The molecule has 0 aliphatic carbocycles. The van der Waals surface area contributed by atoms with Gasteiger partial charge in [-0.25, -0.2) is 4.98 Å². The van der Waals surface area contributed by atoms with Gasteiger partial charge in [-0.15, -0.1) is 11.3 Å². The van der Waals surface area contributed by atoms with Crippen LogP contribution < -0.4 is 10.1 Å². The SMILES string of the molecule is COc1ccc(C(C)(C)C)cc1NC(C)c1cscn1. The third-order valence-electron chi connectivity index (χ3n) is 3.33. The van der Waals surface area contributed by atoms with E-state index in [0.29, 0.717) is 0 Å². The third-order valence-corrected chi connectivity index (χ3v) is 3.94. The Bertz CT molecular complexity index is 558. The van der Waals surface area contributed by atoms with Gasteiger partial charge in [-0.1, -0.05) is 26.8 Å². The van der Waals surface area contributed by atoms with Gasteiger partial charge < -0.3 is 10.1 Å². The number of hydrogen-bond donors (Lipinski definition) is 1. The van der Waals surface area contributed by atoms with Crippen LogP contribution in [-0.4, -0.2) is 12.1 Å². The summed E-state index contributed by atoms with van der Waals surface area (Å²) in [6.45, 7) is 8.74. The molecule has 0 aliphatic heterocycles. The largest absolute Gasteiger partial charge is 0.495 e. The maximum atomic E-state index is 5.45. The van der Waals surface area contributed by atoms with Crippen molar-refractivity contribution in [2.45, 2.75) is 39.2 Å². The van der Waals surface area contributed by atoms with E-state index >= 15 is 0 Å². The third kappa shape index (κ3) is 3.31. The first-order valence-electron chi connectivity index (χ1n) is 6.75. The maximum Gasteiger partial charge on any atom is 0.141 e. The molecule has 1 atom stereocenters. The van der Waals surface area contributed by atoms with E-state index in [9.17, 15) is 0 Å². The van der Waals surface area contributed by atoms with Crippen LogP contribution in [0.15, 0.2) is 29.1 Å². The molecule has 3 nitrogen and oxygen atoms in total. The Labute approximate surface area is 125 Å². The highest BCUT2D eigenvalue weighted by molar-refractivity contribution is 7.07. The van der Waals surface area contributed by atoms with Crippen LogP contribution in [0.1, 0.15) is 45.0 Å². The molecule has 0 amide bonds. The van der Waals surface area contributed by atoms with E-state index in [1.807, 2.05) is 11.6 Å². The molecule has 2 aromatic rings. The van der Waals surface area contributed by atoms with Gasteiger partial charge in [0.15, 0.2) is 0 Å². The fourth-order valence-corrected chi connectivity index (χ4v) is 2.68. The average Bonchev–Trinajstić information content (AvgIpc) is 2.91. The number of rotatable bonds is 4. The number of aromatic nitrogens is 1. The molecule has 20 heavy (non-hydrogen) atoms. The fourth-order valence-electron chi connectivity index (χ4n) is 2.03. The molecule has 2 rings (SSSR count). The van der Waals surface area contributed by atoms with Crippen LogP contribution in [0.3, 0.4) is 0 Å². The van der Waals surface area contributed by atoms with Crippen LogP contribution in [0, 0.1) is 0 Å². The number of nitrogens with zero attached hydrogens (tertiary/aromatic N) is 1. The van der Waals surface area contributed by atoms with E-state index < -0.39 is 0 Å². The lowest BCUT2D eigenvalue weighted by Gasteiger charge is -2.23. The number of hydrogen-bond acceptors (Lipinski definition) is 4. The molecule has 0 aliphatic rings. The predicted molar refractivity (Wildman–Crippen MR) is 85.8 cm³/mol. The van der Waals surface area contributed by atoms with E-state index in [1.165, 1.54) is 5.56 Å². The van der Waals surface area contributed by atoms with Gasteiger partial charge in [-0.2, -0.15) is 0 Å². The molecule has 0 spiro atoms. The minimum absolute atomic E-state index is 0.118. The molecule has 1 heterocycles. The highest BCUT2D eigenvalue weighted by atomic mass is 32.1. The molecule has 0 fully saturated rings. The Kier molecular flexibility index (Phi) is 4.33. The zero-order valence-corrected chi connectivity index (χ0v) is 13.5. The van der Waals surface area contributed by atoms with E-state index in [4.69, 9.17) is 4.74 Å². The van der Waals surface area contributed by atoms with Crippen molar-refractivity contribution in [2.24, 2.45) is 0 Å². The first-order chi connectivity index (χ1) is 9.41. The van der Waals surface area contributed by atoms with Crippen molar-refractivity contribution >= 4 is 17.0 Å². The average molecular weight is 290 g/mol. The van der Waals surface area contributed by atoms with Gasteiger partial charge in [0.25, 0.3) is 0 Å². The summed E-state index contributed by atoms with van der Waals surface area (Å²) >= 11 is 1.61. The number of thiazole rings is 1. The van der Waals surface area contributed by atoms with Gasteiger partial charge in [0.2, 0.25) is 0 Å². The molecular formula is C16H22N2OS. The van der Waals surface area contributed by atoms with Crippen LogP contribution in [0.4, 0.5) is 5.69 Å². The van der Waals surface area contributed by atoms with Gasteiger partial charge in [0.05, 0.1) is 30.0 Å². The summed E-state index contributed by atoms with van der Waals surface area (Å²) in [5.41, 5.74) is 5.33. The lowest BCUT2D eigenvalue weighted by Crippen LogP contribution is -2.13. The zero-order valence-electron chi connectivity index (χ0n) is 12.7. The molecule has 0 saturated heterocycles. The minimum atomic E-state index is 0.118. The monoisotopic (exact) mass is 290 g/mol. The van der Waals surface area contributed by atoms with Crippen molar-refractivity contribution in [3.8, 4) is 5.75 Å². The lowest BCUT2D eigenvalue weighted by molar-refractivity contribution is 0.415. The molecule has 0 bridgehead atoms. The van der Waals surface area contributed by atoms with Gasteiger partial charge in [0.1, 0.15) is 5.75 Å². The highest BCUT2D eigenvalue weighted by Gasteiger charge is 2.17. The zero-order chi connectivity index (χ0) is 14.8. The molecule has 108 valence electrons. The van der Waals surface area contributed by atoms with Crippen LogP contribution in [0.2, 0.25) is 0 Å². The first-order valence-corrected chi connectivity index (χ1v) is 7.69. The van der Waals surface area contributed by atoms with Crippen LogP contribution >= 0.6 is 11.3 Å². The highest BCUT2D eigenvalue weighted by Crippen LogP contribution is 2.33. The molecule has 4 heteroatoms. The lowest BCUT2D eigenvalue weighted by atomic mass is 9.86. The summed E-state index contributed by atoms with van der Waals surface area (Å²) < 4.78 is 5.45. The smallest absolute Gasteiger partial charge is 0.141 e. The number of ether oxygens (including phenoxy) is 1. The van der Waals surface area contributed by atoms with Gasteiger partial charge in [-0.05, 0) is 30.0 Å². The summed E-state index contributed by atoms with van der Waals surface area (Å²) in [7, 11) is 1.70. The number of nitrogens with one attached hydrogen (secondary N) is 1. The van der Waals surface area contributed by atoms with Crippen LogP contribution in [0.5, 0.6) is 5.75 Å². The maximum absolute atomic E-state index is 5.45. The Morgan fingerprint density at radius 2 is 2.05 bits per heavy atom. The molecule has 1 N–H and O–H groups in total. The van der Waals surface area contributed by atoms with Crippen molar-refractivity contribution < 1.29 is 4.74 Å². The van der Waals surface area contributed by atoms with Gasteiger partial charge >= 0.3 is 0 Å². The second-order valence-electron chi connectivity index (χ2n) is 5.94. The molecular weight excluding hydrogens is 268 g/mol. The molecule has 1 aromatic carbocycles. The summed E-state index contributed by atoms with van der Waals surface area (Å²) in [6.07, 6.45) is 0. The van der Waals surface area contributed by atoms with Crippen LogP contribution in [0.25, 0.3) is 0 Å². The summed E-state index contributed by atoms with van der Waals surface area (Å²) in [4.78, 5) is 4.35. The Balaban J connectivity index is 2.29. The van der Waals surface area contributed by atoms with Gasteiger partial charge in [0, 0.05) is 5.38 Å². The van der Waals surface area contributed by atoms with Crippen LogP contribution in [-0.2, 0) is 5.41 Å². The normalized spacial score (nSPS) is 13.1. The van der Waals surface area contributed by atoms with Gasteiger partial charge in [-0.3, -0.25) is 0 Å². The topological polar surface area (TPSA) is 34.1 Å². The number of benzene rings is 1.